The van der Waals surface area contributed by atoms with Crippen molar-refractivity contribution in [3.63, 3.8) is 0 Å². The molecule has 2 saturated heterocycles. The minimum Gasteiger partial charge on any atom is -0.464 e. The Morgan fingerprint density at radius 2 is 2.03 bits per heavy atom. The second-order valence-electron chi connectivity index (χ2n) is 8.87. The van der Waals surface area contributed by atoms with E-state index in [1.807, 2.05) is 24.4 Å². The molecule has 2 aliphatic rings. The molecule has 7 heteroatoms. The maximum absolute atomic E-state index is 12.3. The van der Waals surface area contributed by atoms with Crippen LogP contribution in [0.5, 0.6) is 0 Å². The molecule has 1 amide bonds. The quantitative estimate of drug-likeness (QED) is 0.591. The predicted octanol–water partition coefficient (Wildman–Crippen LogP) is 4.66. The fraction of sp³-hybridized carbons (Fsp3) is 0.440. The van der Waals surface area contributed by atoms with Gasteiger partial charge in [0.15, 0.2) is 0 Å². The average Bonchev–Trinajstić information content (AvgIpc) is 3.57. The average molecular weight is 452 g/mol. The van der Waals surface area contributed by atoms with Gasteiger partial charge in [0.1, 0.15) is 11.5 Å². The largest absolute Gasteiger partial charge is 0.464 e. The summed E-state index contributed by atoms with van der Waals surface area (Å²) in [6.07, 6.45) is 5.98. The summed E-state index contributed by atoms with van der Waals surface area (Å²) in [5, 5.41) is 5.71. The highest BCUT2D eigenvalue weighted by molar-refractivity contribution is 7.09. The minimum absolute atomic E-state index is 0.0216. The number of nitrogens with one attached hydrogen (secondary N) is 1. The first kappa shape index (κ1) is 21.4. The van der Waals surface area contributed by atoms with Gasteiger partial charge in [0.05, 0.1) is 23.0 Å². The highest BCUT2D eigenvalue weighted by atomic mass is 32.1. The summed E-state index contributed by atoms with van der Waals surface area (Å²) in [6, 6.07) is 12.5. The van der Waals surface area contributed by atoms with Crippen molar-refractivity contribution >= 4 is 17.2 Å². The number of rotatable bonds is 6. The summed E-state index contributed by atoms with van der Waals surface area (Å²) < 4.78 is 11.9. The van der Waals surface area contributed by atoms with Gasteiger partial charge < -0.3 is 14.5 Å². The number of nitrogens with zero attached hydrogens (tertiary/aromatic N) is 2. The molecule has 3 aromatic rings. The van der Waals surface area contributed by atoms with Gasteiger partial charge in [-0.1, -0.05) is 24.3 Å². The van der Waals surface area contributed by atoms with Crippen LogP contribution in [-0.2, 0) is 11.3 Å². The van der Waals surface area contributed by atoms with Crippen molar-refractivity contribution in [2.24, 2.45) is 0 Å². The summed E-state index contributed by atoms with van der Waals surface area (Å²) in [6.45, 7) is 5.51. The zero-order valence-corrected chi connectivity index (χ0v) is 19.2. The van der Waals surface area contributed by atoms with Crippen LogP contribution < -0.4 is 5.32 Å². The van der Waals surface area contributed by atoms with E-state index < -0.39 is 0 Å². The summed E-state index contributed by atoms with van der Waals surface area (Å²) >= 11 is 1.50. The summed E-state index contributed by atoms with van der Waals surface area (Å²) in [7, 11) is 0. The zero-order valence-electron chi connectivity index (χ0n) is 18.4. The molecule has 168 valence electrons. The topological polar surface area (TPSA) is 67.6 Å². The SMILES string of the molecule is Cc1nc(C(=O)NC[C@H]2CCC3(CCN(Cc4ccc(-c5ccco5)cc4)CC3)O2)cs1. The number of hydrogen-bond acceptors (Lipinski definition) is 6. The second-order valence-corrected chi connectivity index (χ2v) is 9.94. The minimum atomic E-state index is -0.105. The number of likely N-dealkylation sites (tertiary alicyclic amines) is 1. The third-order valence-electron chi connectivity index (χ3n) is 6.61. The maximum atomic E-state index is 12.3. The number of aryl methyl sites for hydroxylation is 1. The van der Waals surface area contributed by atoms with Gasteiger partial charge in [-0.25, -0.2) is 4.98 Å². The Bertz CT molecular complexity index is 1040. The van der Waals surface area contributed by atoms with Gasteiger partial charge in [0, 0.05) is 37.1 Å². The first-order valence-corrected chi connectivity index (χ1v) is 12.2. The lowest BCUT2D eigenvalue weighted by atomic mass is 9.88. The first-order chi connectivity index (χ1) is 15.6. The Morgan fingerprint density at radius 3 is 2.72 bits per heavy atom. The van der Waals surface area contributed by atoms with Crippen LogP contribution in [0.25, 0.3) is 11.3 Å². The lowest BCUT2D eigenvalue weighted by Crippen LogP contribution is -2.44. The molecule has 1 atom stereocenters. The van der Waals surface area contributed by atoms with E-state index in [9.17, 15) is 4.79 Å². The molecular weight excluding hydrogens is 422 g/mol. The lowest BCUT2D eigenvalue weighted by molar-refractivity contribution is -0.0764. The highest BCUT2D eigenvalue weighted by Crippen LogP contribution is 2.39. The van der Waals surface area contributed by atoms with Crippen LogP contribution in [0.15, 0.2) is 52.5 Å². The maximum Gasteiger partial charge on any atom is 0.270 e. The zero-order chi connectivity index (χ0) is 22.0. The van der Waals surface area contributed by atoms with Crippen molar-refractivity contribution in [1.29, 1.82) is 0 Å². The number of furan rings is 1. The second kappa shape index (κ2) is 9.17. The van der Waals surface area contributed by atoms with Gasteiger partial charge in [0.2, 0.25) is 0 Å². The molecule has 1 spiro atoms. The number of aromatic nitrogens is 1. The number of thiazole rings is 1. The lowest BCUT2D eigenvalue weighted by Gasteiger charge is -2.39. The van der Waals surface area contributed by atoms with Crippen molar-refractivity contribution < 1.29 is 13.9 Å². The molecule has 0 radical (unpaired) electrons. The molecule has 2 fully saturated rings. The number of carbonyl (C=O) groups excluding carboxylic acids is 1. The number of hydrogen-bond donors (Lipinski definition) is 1. The molecule has 0 saturated carbocycles. The monoisotopic (exact) mass is 451 g/mol. The summed E-state index contributed by atoms with van der Waals surface area (Å²) in [4.78, 5) is 19.0. The van der Waals surface area contributed by atoms with Crippen LogP contribution >= 0.6 is 11.3 Å². The molecule has 2 aromatic heterocycles. The number of amides is 1. The van der Waals surface area contributed by atoms with Gasteiger partial charge in [-0.2, -0.15) is 0 Å². The fourth-order valence-corrected chi connectivity index (χ4v) is 5.36. The van der Waals surface area contributed by atoms with E-state index in [0.717, 1.165) is 61.6 Å². The van der Waals surface area contributed by atoms with E-state index in [0.29, 0.717) is 12.2 Å². The van der Waals surface area contributed by atoms with Crippen LogP contribution in [-0.4, -0.2) is 47.1 Å². The van der Waals surface area contributed by atoms with E-state index in [-0.39, 0.29) is 17.6 Å². The molecule has 0 aliphatic carbocycles. The smallest absolute Gasteiger partial charge is 0.270 e. The van der Waals surface area contributed by atoms with Crippen molar-refractivity contribution in [3.8, 4) is 11.3 Å². The Balaban J connectivity index is 1.08. The Labute approximate surface area is 192 Å². The van der Waals surface area contributed by atoms with Crippen molar-refractivity contribution in [2.75, 3.05) is 19.6 Å². The molecule has 4 heterocycles. The van der Waals surface area contributed by atoms with Crippen LogP contribution in [0, 0.1) is 6.92 Å². The van der Waals surface area contributed by atoms with Gasteiger partial charge in [-0.3, -0.25) is 9.69 Å². The molecule has 2 aliphatic heterocycles. The Morgan fingerprint density at radius 1 is 1.22 bits per heavy atom. The molecule has 1 aromatic carbocycles. The van der Waals surface area contributed by atoms with E-state index >= 15 is 0 Å². The van der Waals surface area contributed by atoms with E-state index in [2.05, 4.69) is 39.5 Å². The van der Waals surface area contributed by atoms with Crippen molar-refractivity contribution in [1.82, 2.24) is 15.2 Å². The summed E-state index contributed by atoms with van der Waals surface area (Å²) in [5.41, 5.74) is 2.91. The third-order valence-corrected chi connectivity index (χ3v) is 7.39. The summed E-state index contributed by atoms with van der Waals surface area (Å²) in [5.74, 6) is 0.800. The number of benzene rings is 1. The van der Waals surface area contributed by atoms with Gasteiger partial charge in [0.25, 0.3) is 5.91 Å². The predicted molar refractivity (Wildman–Crippen MR) is 125 cm³/mol. The highest BCUT2D eigenvalue weighted by Gasteiger charge is 2.42. The molecule has 32 heavy (non-hydrogen) atoms. The van der Waals surface area contributed by atoms with Crippen LogP contribution in [0.3, 0.4) is 0 Å². The molecule has 0 bridgehead atoms. The van der Waals surface area contributed by atoms with Crippen molar-refractivity contribution in [2.45, 2.75) is 50.9 Å². The normalized spacial score (nSPS) is 20.6. The first-order valence-electron chi connectivity index (χ1n) is 11.3. The number of ether oxygens (including phenoxy) is 1. The third kappa shape index (κ3) is 4.80. The molecule has 5 rings (SSSR count). The molecule has 6 nitrogen and oxygen atoms in total. The van der Waals surface area contributed by atoms with E-state index in [1.54, 1.807) is 6.26 Å². The van der Waals surface area contributed by atoms with Crippen LogP contribution in [0.1, 0.15) is 46.7 Å². The van der Waals surface area contributed by atoms with Crippen LogP contribution in [0.4, 0.5) is 0 Å². The van der Waals surface area contributed by atoms with Gasteiger partial charge in [-0.05, 0) is 50.3 Å². The molecule has 1 N–H and O–H groups in total. The Kier molecular flexibility index (Phi) is 6.13. The van der Waals surface area contributed by atoms with Crippen molar-refractivity contribution in [3.05, 3.63) is 64.3 Å². The molecule has 0 unspecified atom stereocenters. The molecular formula is C25H29N3O3S. The van der Waals surface area contributed by atoms with Gasteiger partial charge in [-0.15, -0.1) is 11.3 Å². The number of piperidine rings is 1. The van der Waals surface area contributed by atoms with E-state index in [1.165, 1.54) is 16.9 Å². The van der Waals surface area contributed by atoms with Crippen LogP contribution in [0.2, 0.25) is 0 Å². The van der Waals surface area contributed by atoms with Gasteiger partial charge >= 0.3 is 0 Å². The van der Waals surface area contributed by atoms with E-state index in [4.69, 9.17) is 9.15 Å². The standard InChI is InChI=1S/C25H29N3O3S/c1-18-27-22(17-32-18)24(29)26-15-21-8-9-25(31-21)10-12-28(13-11-25)16-19-4-6-20(7-5-19)23-3-2-14-30-23/h2-7,14,17,21H,8-13,15-16H2,1H3,(H,26,29)/t21-/m1/s1. The fourth-order valence-electron chi connectivity index (χ4n) is 4.77. The number of carbonyl (C=O) groups is 1. The Hall–Kier alpha value is -2.48.